The fourth-order valence-corrected chi connectivity index (χ4v) is 3.75. The summed E-state index contributed by atoms with van der Waals surface area (Å²) in [5.74, 6) is 0.533. The molecular formula is C16H27NO3. The van der Waals surface area contributed by atoms with Crippen molar-refractivity contribution in [2.45, 2.75) is 52.9 Å². The highest BCUT2D eigenvalue weighted by Crippen LogP contribution is 2.45. The SMILES string of the molecule is CCC1CC2C(=O)N(CC(C)(C)CCCO)C(=O)C2C1. The lowest BCUT2D eigenvalue weighted by molar-refractivity contribution is -0.142. The van der Waals surface area contributed by atoms with Gasteiger partial charge in [0.25, 0.3) is 0 Å². The van der Waals surface area contributed by atoms with E-state index in [0.29, 0.717) is 18.9 Å². The van der Waals surface area contributed by atoms with Crippen LogP contribution in [-0.4, -0.2) is 35.0 Å². The summed E-state index contributed by atoms with van der Waals surface area (Å²) in [4.78, 5) is 26.4. The van der Waals surface area contributed by atoms with Crippen molar-refractivity contribution < 1.29 is 14.7 Å². The summed E-state index contributed by atoms with van der Waals surface area (Å²) < 4.78 is 0. The molecule has 0 aromatic heterocycles. The average Bonchev–Trinajstić information content (AvgIpc) is 2.92. The van der Waals surface area contributed by atoms with Crippen molar-refractivity contribution in [2.75, 3.05) is 13.2 Å². The van der Waals surface area contributed by atoms with Crippen LogP contribution in [-0.2, 0) is 9.59 Å². The highest BCUT2D eigenvalue weighted by molar-refractivity contribution is 6.05. The van der Waals surface area contributed by atoms with Gasteiger partial charge in [-0.25, -0.2) is 0 Å². The number of carbonyl (C=O) groups excluding carboxylic acids is 2. The molecule has 114 valence electrons. The summed E-state index contributed by atoms with van der Waals surface area (Å²) in [5, 5.41) is 8.93. The first kappa shape index (κ1) is 15.5. The normalized spacial score (nSPS) is 30.2. The number of aliphatic hydroxyl groups excluding tert-OH is 1. The van der Waals surface area contributed by atoms with Gasteiger partial charge in [-0.3, -0.25) is 14.5 Å². The topological polar surface area (TPSA) is 57.6 Å². The van der Waals surface area contributed by atoms with Crippen LogP contribution >= 0.6 is 0 Å². The molecule has 0 aromatic carbocycles. The highest BCUT2D eigenvalue weighted by Gasteiger charge is 2.52. The van der Waals surface area contributed by atoms with Gasteiger partial charge >= 0.3 is 0 Å². The summed E-state index contributed by atoms with van der Waals surface area (Å²) in [6.07, 6.45) is 4.38. The van der Waals surface area contributed by atoms with E-state index in [4.69, 9.17) is 5.11 Å². The van der Waals surface area contributed by atoms with Gasteiger partial charge in [-0.15, -0.1) is 0 Å². The highest BCUT2D eigenvalue weighted by atomic mass is 16.3. The third kappa shape index (κ3) is 2.90. The Morgan fingerprint density at radius 2 is 1.75 bits per heavy atom. The Labute approximate surface area is 121 Å². The van der Waals surface area contributed by atoms with Gasteiger partial charge in [-0.1, -0.05) is 27.2 Å². The van der Waals surface area contributed by atoms with Crippen LogP contribution in [0.3, 0.4) is 0 Å². The van der Waals surface area contributed by atoms with Crippen LogP contribution in [0, 0.1) is 23.2 Å². The monoisotopic (exact) mass is 281 g/mol. The number of nitrogens with zero attached hydrogens (tertiary/aromatic N) is 1. The predicted molar refractivity (Wildman–Crippen MR) is 76.8 cm³/mol. The van der Waals surface area contributed by atoms with Crippen LogP contribution in [0.4, 0.5) is 0 Å². The van der Waals surface area contributed by atoms with E-state index < -0.39 is 0 Å². The quantitative estimate of drug-likeness (QED) is 0.759. The van der Waals surface area contributed by atoms with Gasteiger partial charge in [-0.2, -0.15) is 0 Å². The number of aliphatic hydroxyl groups is 1. The van der Waals surface area contributed by atoms with Crippen LogP contribution in [0.1, 0.15) is 52.9 Å². The zero-order valence-corrected chi connectivity index (χ0v) is 12.9. The van der Waals surface area contributed by atoms with Crippen molar-refractivity contribution in [1.29, 1.82) is 0 Å². The van der Waals surface area contributed by atoms with Crippen LogP contribution < -0.4 is 0 Å². The van der Waals surface area contributed by atoms with Gasteiger partial charge in [0.05, 0.1) is 11.8 Å². The van der Waals surface area contributed by atoms with Crippen molar-refractivity contribution >= 4 is 11.8 Å². The summed E-state index contributed by atoms with van der Waals surface area (Å²) >= 11 is 0. The van der Waals surface area contributed by atoms with Gasteiger partial charge in [-0.05, 0) is 37.0 Å². The smallest absolute Gasteiger partial charge is 0.233 e. The van der Waals surface area contributed by atoms with Crippen molar-refractivity contribution in [3.63, 3.8) is 0 Å². The number of likely N-dealkylation sites (tertiary alicyclic amines) is 1. The second kappa shape index (κ2) is 5.84. The van der Waals surface area contributed by atoms with Crippen molar-refractivity contribution in [2.24, 2.45) is 23.2 Å². The molecule has 2 amide bonds. The van der Waals surface area contributed by atoms with Crippen LogP contribution in [0.25, 0.3) is 0 Å². The molecule has 0 spiro atoms. The molecule has 2 atom stereocenters. The Kier molecular flexibility index (Phi) is 4.52. The summed E-state index contributed by atoms with van der Waals surface area (Å²) in [6.45, 7) is 6.91. The molecule has 2 aliphatic rings. The number of carbonyl (C=O) groups is 2. The van der Waals surface area contributed by atoms with Crippen LogP contribution in [0.2, 0.25) is 0 Å². The molecule has 2 rings (SSSR count). The molecule has 0 radical (unpaired) electrons. The fourth-order valence-electron chi connectivity index (χ4n) is 3.75. The van der Waals surface area contributed by atoms with E-state index in [1.165, 1.54) is 4.90 Å². The number of hydrogen-bond acceptors (Lipinski definition) is 3. The maximum absolute atomic E-state index is 12.5. The lowest BCUT2D eigenvalue weighted by Gasteiger charge is -2.29. The average molecular weight is 281 g/mol. The Morgan fingerprint density at radius 3 is 2.20 bits per heavy atom. The third-order valence-corrected chi connectivity index (χ3v) is 5.00. The van der Waals surface area contributed by atoms with E-state index in [9.17, 15) is 9.59 Å². The molecule has 20 heavy (non-hydrogen) atoms. The van der Waals surface area contributed by atoms with Crippen molar-refractivity contribution in [3.8, 4) is 0 Å². The number of imide groups is 1. The number of amides is 2. The molecule has 2 fully saturated rings. The molecule has 2 unspecified atom stereocenters. The molecule has 1 N–H and O–H groups in total. The Hall–Kier alpha value is -0.900. The maximum Gasteiger partial charge on any atom is 0.233 e. The molecule has 0 bridgehead atoms. The molecule has 1 aliphatic heterocycles. The molecule has 1 heterocycles. The van der Waals surface area contributed by atoms with Gasteiger partial charge in [0.2, 0.25) is 11.8 Å². The van der Waals surface area contributed by atoms with E-state index in [-0.39, 0.29) is 35.7 Å². The number of rotatable bonds is 6. The fraction of sp³-hybridized carbons (Fsp3) is 0.875. The van der Waals surface area contributed by atoms with E-state index in [2.05, 4.69) is 20.8 Å². The largest absolute Gasteiger partial charge is 0.396 e. The van der Waals surface area contributed by atoms with E-state index in [0.717, 1.165) is 25.7 Å². The van der Waals surface area contributed by atoms with Crippen molar-refractivity contribution in [3.05, 3.63) is 0 Å². The standard InChI is InChI=1S/C16H27NO3/c1-4-11-8-12-13(9-11)15(20)17(14(12)19)10-16(2,3)6-5-7-18/h11-13,18H,4-10H2,1-3H3. The molecule has 4 heteroatoms. The van der Waals surface area contributed by atoms with Gasteiger partial charge in [0, 0.05) is 13.2 Å². The first-order valence-corrected chi connectivity index (χ1v) is 7.85. The van der Waals surface area contributed by atoms with Crippen molar-refractivity contribution in [1.82, 2.24) is 4.90 Å². The summed E-state index contributed by atoms with van der Waals surface area (Å²) in [5.41, 5.74) is -0.114. The second-order valence-electron chi connectivity index (χ2n) is 7.21. The van der Waals surface area contributed by atoms with E-state index in [1.807, 2.05) is 0 Å². The summed E-state index contributed by atoms with van der Waals surface area (Å²) in [6, 6.07) is 0. The Balaban J connectivity index is 2.02. The van der Waals surface area contributed by atoms with E-state index in [1.54, 1.807) is 0 Å². The molecule has 0 aromatic rings. The van der Waals surface area contributed by atoms with Gasteiger partial charge in [0.15, 0.2) is 0 Å². The zero-order valence-electron chi connectivity index (χ0n) is 12.9. The molecular weight excluding hydrogens is 254 g/mol. The summed E-state index contributed by atoms with van der Waals surface area (Å²) in [7, 11) is 0. The molecule has 1 aliphatic carbocycles. The first-order valence-electron chi connectivity index (χ1n) is 7.85. The second-order valence-corrected chi connectivity index (χ2v) is 7.21. The van der Waals surface area contributed by atoms with Crippen LogP contribution in [0.5, 0.6) is 0 Å². The zero-order chi connectivity index (χ0) is 14.9. The minimum Gasteiger partial charge on any atom is -0.396 e. The lowest BCUT2D eigenvalue weighted by Crippen LogP contribution is -2.40. The molecule has 1 saturated heterocycles. The van der Waals surface area contributed by atoms with E-state index >= 15 is 0 Å². The van der Waals surface area contributed by atoms with Crippen LogP contribution in [0.15, 0.2) is 0 Å². The third-order valence-electron chi connectivity index (χ3n) is 5.00. The minimum absolute atomic E-state index is 0.0491. The Bertz CT molecular complexity index is 367. The molecule has 4 nitrogen and oxygen atoms in total. The van der Waals surface area contributed by atoms with Gasteiger partial charge < -0.3 is 5.11 Å². The number of fused-ring (bicyclic) bond motifs is 1. The van der Waals surface area contributed by atoms with Gasteiger partial charge in [0.1, 0.15) is 0 Å². The lowest BCUT2D eigenvalue weighted by atomic mass is 9.87. The maximum atomic E-state index is 12.5. The Morgan fingerprint density at radius 1 is 1.20 bits per heavy atom. The minimum atomic E-state index is -0.114. The molecule has 1 saturated carbocycles. The number of hydrogen-bond donors (Lipinski definition) is 1. The predicted octanol–water partition coefficient (Wildman–Crippen LogP) is 2.21. The first-order chi connectivity index (χ1) is 9.39.